The molecule has 0 heterocycles. The lowest BCUT2D eigenvalue weighted by Gasteiger charge is -2.41. The lowest BCUT2D eigenvalue weighted by atomic mass is 9.78. The first kappa shape index (κ1) is 15.0. The number of nitrogens with zero attached hydrogens (tertiary/aromatic N) is 1. The summed E-state index contributed by atoms with van der Waals surface area (Å²) in [6, 6.07) is 1.29. The monoisotopic (exact) mass is 240 g/mol. The van der Waals surface area contributed by atoms with Crippen LogP contribution in [0.15, 0.2) is 0 Å². The number of nitrogens with two attached hydrogens (primary N) is 1. The molecule has 0 radical (unpaired) electrons. The second kappa shape index (κ2) is 7.38. The molecule has 2 unspecified atom stereocenters. The standard InChI is InChI=1S/C15H32N2/c1-5-13(4)17(6-2)15(11-16)14-9-7-12(3)8-10-14/h12-15H,5-11,16H2,1-4H3. The first-order chi connectivity index (χ1) is 8.13. The fourth-order valence-electron chi connectivity index (χ4n) is 3.38. The van der Waals surface area contributed by atoms with Gasteiger partial charge >= 0.3 is 0 Å². The third kappa shape index (κ3) is 3.96. The van der Waals surface area contributed by atoms with Crippen LogP contribution >= 0.6 is 0 Å². The summed E-state index contributed by atoms with van der Waals surface area (Å²) < 4.78 is 0. The van der Waals surface area contributed by atoms with E-state index in [2.05, 4.69) is 32.6 Å². The van der Waals surface area contributed by atoms with Crippen molar-refractivity contribution in [2.24, 2.45) is 17.6 Å². The maximum atomic E-state index is 6.07. The Labute approximate surface area is 108 Å². The normalized spacial score (nSPS) is 29.3. The van der Waals surface area contributed by atoms with Crippen LogP contribution in [0, 0.1) is 11.8 Å². The highest BCUT2D eigenvalue weighted by Gasteiger charge is 2.30. The third-order valence-electron chi connectivity index (χ3n) is 4.79. The van der Waals surface area contributed by atoms with Gasteiger partial charge in [0.2, 0.25) is 0 Å². The minimum atomic E-state index is 0.613. The maximum Gasteiger partial charge on any atom is 0.0249 e. The fraction of sp³-hybridized carbons (Fsp3) is 1.00. The Morgan fingerprint density at radius 1 is 1.18 bits per heavy atom. The van der Waals surface area contributed by atoms with Gasteiger partial charge in [-0.2, -0.15) is 0 Å². The summed E-state index contributed by atoms with van der Waals surface area (Å²) in [6.07, 6.45) is 6.80. The van der Waals surface area contributed by atoms with E-state index in [4.69, 9.17) is 5.73 Å². The van der Waals surface area contributed by atoms with Crippen LogP contribution < -0.4 is 5.73 Å². The molecule has 0 aliphatic heterocycles. The molecule has 0 aromatic rings. The van der Waals surface area contributed by atoms with Gasteiger partial charge in [0.05, 0.1) is 0 Å². The van der Waals surface area contributed by atoms with Crippen molar-refractivity contribution >= 4 is 0 Å². The molecule has 2 atom stereocenters. The second-order valence-corrected chi connectivity index (χ2v) is 5.91. The molecule has 0 amide bonds. The van der Waals surface area contributed by atoms with Gasteiger partial charge in [-0.15, -0.1) is 0 Å². The Morgan fingerprint density at radius 3 is 2.18 bits per heavy atom. The van der Waals surface area contributed by atoms with Gasteiger partial charge in [0.1, 0.15) is 0 Å². The average molecular weight is 240 g/mol. The van der Waals surface area contributed by atoms with Crippen molar-refractivity contribution < 1.29 is 0 Å². The van der Waals surface area contributed by atoms with Crippen LogP contribution in [-0.4, -0.2) is 30.1 Å². The number of hydrogen-bond acceptors (Lipinski definition) is 2. The Balaban J connectivity index is 2.61. The molecule has 2 nitrogen and oxygen atoms in total. The van der Waals surface area contributed by atoms with E-state index in [0.717, 1.165) is 24.9 Å². The van der Waals surface area contributed by atoms with Crippen LogP contribution in [0.1, 0.15) is 59.8 Å². The average Bonchev–Trinajstić information content (AvgIpc) is 2.36. The SMILES string of the molecule is CCC(C)N(CC)C(CN)C1CCC(C)CC1. The van der Waals surface area contributed by atoms with Crippen LogP contribution in [0.5, 0.6) is 0 Å². The zero-order valence-electron chi connectivity index (χ0n) is 12.3. The van der Waals surface area contributed by atoms with Crippen molar-refractivity contribution in [1.29, 1.82) is 0 Å². The molecule has 2 N–H and O–H groups in total. The topological polar surface area (TPSA) is 29.3 Å². The van der Waals surface area contributed by atoms with Gasteiger partial charge < -0.3 is 5.73 Å². The fourth-order valence-corrected chi connectivity index (χ4v) is 3.38. The smallest absolute Gasteiger partial charge is 0.0249 e. The van der Waals surface area contributed by atoms with Gasteiger partial charge in [-0.25, -0.2) is 0 Å². The van der Waals surface area contributed by atoms with Crippen molar-refractivity contribution in [2.75, 3.05) is 13.1 Å². The van der Waals surface area contributed by atoms with Crippen molar-refractivity contribution in [3.8, 4) is 0 Å². The van der Waals surface area contributed by atoms with Crippen molar-refractivity contribution in [2.45, 2.75) is 71.9 Å². The molecule has 0 spiro atoms. The summed E-state index contributed by atoms with van der Waals surface area (Å²) in [6.45, 7) is 11.3. The zero-order chi connectivity index (χ0) is 12.8. The highest BCUT2D eigenvalue weighted by Crippen LogP contribution is 2.32. The van der Waals surface area contributed by atoms with Crippen molar-refractivity contribution in [1.82, 2.24) is 4.90 Å². The molecule has 0 aromatic carbocycles. The van der Waals surface area contributed by atoms with Crippen molar-refractivity contribution in [3.05, 3.63) is 0 Å². The predicted octanol–water partition coefficient (Wildman–Crippen LogP) is 3.26. The van der Waals surface area contributed by atoms with E-state index < -0.39 is 0 Å². The Hall–Kier alpha value is -0.0800. The van der Waals surface area contributed by atoms with E-state index in [-0.39, 0.29) is 0 Å². The van der Waals surface area contributed by atoms with Gasteiger partial charge in [0.25, 0.3) is 0 Å². The van der Waals surface area contributed by atoms with E-state index >= 15 is 0 Å². The van der Waals surface area contributed by atoms with E-state index in [9.17, 15) is 0 Å². The van der Waals surface area contributed by atoms with Crippen LogP contribution in [-0.2, 0) is 0 Å². The quantitative estimate of drug-likeness (QED) is 0.772. The highest BCUT2D eigenvalue weighted by molar-refractivity contribution is 4.85. The number of rotatable bonds is 6. The summed E-state index contributed by atoms with van der Waals surface area (Å²) in [7, 11) is 0. The van der Waals surface area contributed by atoms with Crippen LogP contribution in [0.3, 0.4) is 0 Å². The van der Waals surface area contributed by atoms with Crippen LogP contribution in [0.2, 0.25) is 0 Å². The molecule has 17 heavy (non-hydrogen) atoms. The lowest BCUT2D eigenvalue weighted by molar-refractivity contribution is 0.0821. The molecule has 1 aliphatic carbocycles. The zero-order valence-corrected chi connectivity index (χ0v) is 12.3. The summed E-state index contributed by atoms with van der Waals surface area (Å²) >= 11 is 0. The molecule has 2 heteroatoms. The van der Waals surface area contributed by atoms with E-state index in [1.165, 1.54) is 32.1 Å². The molecule has 1 rings (SSSR count). The van der Waals surface area contributed by atoms with Gasteiger partial charge in [-0.3, -0.25) is 4.90 Å². The molecular weight excluding hydrogens is 208 g/mol. The molecular formula is C15H32N2. The molecule has 0 aromatic heterocycles. The van der Waals surface area contributed by atoms with E-state index in [1.807, 2.05) is 0 Å². The Bertz CT molecular complexity index is 197. The number of hydrogen-bond donors (Lipinski definition) is 1. The Kier molecular flexibility index (Phi) is 6.50. The highest BCUT2D eigenvalue weighted by atomic mass is 15.2. The summed E-state index contributed by atoms with van der Waals surface area (Å²) in [4.78, 5) is 2.64. The minimum Gasteiger partial charge on any atom is -0.329 e. The molecule has 102 valence electrons. The van der Waals surface area contributed by atoms with Crippen LogP contribution in [0.4, 0.5) is 0 Å². The molecule has 0 bridgehead atoms. The van der Waals surface area contributed by atoms with Crippen molar-refractivity contribution in [3.63, 3.8) is 0 Å². The van der Waals surface area contributed by atoms with E-state index in [1.54, 1.807) is 0 Å². The molecule has 1 aliphatic rings. The molecule has 0 saturated heterocycles. The number of likely N-dealkylation sites (N-methyl/N-ethyl adjacent to an activating group) is 1. The van der Waals surface area contributed by atoms with Gasteiger partial charge in [0, 0.05) is 18.6 Å². The minimum absolute atomic E-state index is 0.613. The lowest BCUT2D eigenvalue weighted by Crippen LogP contribution is -2.50. The summed E-state index contributed by atoms with van der Waals surface area (Å²) in [5.74, 6) is 1.77. The molecule has 1 saturated carbocycles. The van der Waals surface area contributed by atoms with E-state index in [0.29, 0.717) is 12.1 Å². The first-order valence-corrected chi connectivity index (χ1v) is 7.59. The van der Waals surface area contributed by atoms with Gasteiger partial charge in [0.15, 0.2) is 0 Å². The Morgan fingerprint density at radius 2 is 1.76 bits per heavy atom. The summed E-state index contributed by atoms with van der Waals surface area (Å²) in [5.41, 5.74) is 6.07. The predicted molar refractivity (Wildman–Crippen MR) is 76.1 cm³/mol. The van der Waals surface area contributed by atoms with Gasteiger partial charge in [-0.05, 0) is 44.6 Å². The third-order valence-corrected chi connectivity index (χ3v) is 4.79. The maximum absolute atomic E-state index is 6.07. The second-order valence-electron chi connectivity index (χ2n) is 5.91. The van der Waals surface area contributed by atoms with Crippen LogP contribution in [0.25, 0.3) is 0 Å². The summed E-state index contributed by atoms with van der Waals surface area (Å²) in [5, 5.41) is 0. The molecule has 1 fully saturated rings. The first-order valence-electron chi connectivity index (χ1n) is 7.59. The van der Waals surface area contributed by atoms with Gasteiger partial charge in [-0.1, -0.05) is 33.6 Å². The largest absolute Gasteiger partial charge is 0.329 e.